The number of nitrogens with zero attached hydrogens (tertiary/aromatic N) is 3. The largest absolute Gasteiger partial charge is 0.446 e. The fraction of sp³-hybridized carbons (Fsp3) is 0.118. The maximum Gasteiger partial charge on any atom is 0.446 e. The summed E-state index contributed by atoms with van der Waals surface area (Å²) < 4.78 is 33.5. The van der Waals surface area contributed by atoms with Gasteiger partial charge in [0, 0.05) is 23.0 Å². The maximum absolute atomic E-state index is 14.1. The van der Waals surface area contributed by atoms with Crippen LogP contribution in [0.3, 0.4) is 0 Å². The summed E-state index contributed by atoms with van der Waals surface area (Å²) in [4.78, 5) is 16.5. The number of halogens is 4. The predicted molar refractivity (Wildman–Crippen MR) is 97.1 cm³/mol. The molecule has 132 valence electrons. The molecule has 0 unspecified atom stereocenters. The number of rotatable bonds is 3. The van der Waals surface area contributed by atoms with Gasteiger partial charge >= 0.3 is 5.76 Å². The summed E-state index contributed by atoms with van der Waals surface area (Å²) in [6, 6.07) is 6.59. The van der Waals surface area contributed by atoms with Gasteiger partial charge < -0.3 is 0 Å². The van der Waals surface area contributed by atoms with Gasteiger partial charge in [-0.2, -0.15) is 0 Å². The molecule has 0 saturated carbocycles. The van der Waals surface area contributed by atoms with E-state index in [9.17, 15) is 13.6 Å². The number of hydrogen-bond donors (Lipinski definition) is 0. The van der Waals surface area contributed by atoms with Crippen LogP contribution < -0.4 is 5.76 Å². The fourth-order valence-electron chi connectivity index (χ4n) is 2.87. The molecule has 26 heavy (non-hydrogen) atoms. The van der Waals surface area contributed by atoms with E-state index in [0.717, 1.165) is 16.3 Å². The third kappa shape index (κ3) is 2.69. The zero-order valence-electron chi connectivity index (χ0n) is 13.0. The lowest BCUT2D eigenvalue weighted by Crippen LogP contribution is -2.14. The van der Waals surface area contributed by atoms with E-state index in [2.05, 4.69) is 26.1 Å². The van der Waals surface area contributed by atoms with E-state index >= 15 is 0 Å². The quantitative estimate of drug-likeness (QED) is 0.566. The Morgan fingerprint density at radius 1 is 1.23 bits per heavy atom. The molecule has 0 N–H and O–H groups in total. The summed E-state index contributed by atoms with van der Waals surface area (Å²) in [5.74, 6) is -1.67. The Morgan fingerprint density at radius 2 is 2.00 bits per heavy atom. The first-order valence-electron chi connectivity index (χ1n) is 7.48. The van der Waals surface area contributed by atoms with Crippen LogP contribution in [-0.4, -0.2) is 20.8 Å². The average molecular weight is 441 g/mol. The summed E-state index contributed by atoms with van der Waals surface area (Å²) in [5.41, 5.74) is 2.38. The van der Waals surface area contributed by atoms with Crippen molar-refractivity contribution in [1.82, 2.24) is 9.72 Å². The highest BCUT2D eigenvalue weighted by Crippen LogP contribution is 2.37. The molecule has 9 heteroatoms. The first-order chi connectivity index (χ1) is 12.5. The Morgan fingerprint density at radius 3 is 2.73 bits per heavy atom. The Hall–Kier alpha value is -2.32. The molecule has 0 spiro atoms. The van der Waals surface area contributed by atoms with Crippen molar-refractivity contribution >= 4 is 38.9 Å². The van der Waals surface area contributed by atoms with Crippen molar-refractivity contribution in [3.05, 3.63) is 63.1 Å². The number of fused-ring (bicyclic) bond motifs is 1. The van der Waals surface area contributed by atoms with Crippen molar-refractivity contribution in [2.45, 2.75) is 6.42 Å². The van der Waals surface area contributed by atoms with Crippen molar-refractivity contribution in [3.8, 4) is 17.1 Å². The van der Waals surface area contributed by atoms with Crippen LogP contribution >= 0.6 is 27.5 Å². The van der Waals surface area contributed by atoms with Crippen LogP contribution in [-0.2, 0) is 6.42 Å². The molecule has 0 saturated heterocycles. The van der Waals surface area contributed by atoms with Crippen LogP contribution in [0.15, 0.2) is 44.6 Å². The van der Waals surface area contributed by atoms with E-state index in [1.807, 2.05) is 0 Å². The Bertz CT molecular complexity index is 1120. The molecule has 3 aromatic rings. The van der Waals surface area contributed by atoms with E-state index in [4.69, 9.17) is 16.1 Å². The average Bonchev–Trinajstić information content (AvgIpc) is 3.22. The van der Waals surface area contributed by atoms with Crippen molar-refractivity contribution in [2.24, 2.45) is 4.99 Å². The van der Waals surface area contributed by atoms with Crippen LogP contribution in [0.5, 0.6) is 0 Å². The molecule has 1 aromatic heterocycles. The SMILES string of the molecule is O=c1onc(-c2ccc(F)c3c2CC(CBr)=N3)n1-c1ccc(F)c(Cl)c1. The van der Waals surface area contributed by atoms with E-state index in [1.165, 1.54) is 24.3 Å². The predicted octanol–water partition coefficient (Wildman–Crippen LogP) is 4.45. The molecular weight excluding hydrogens is 432 g/mol. The van der Waals surface area contributed by atoms with Crippen molar-refractivity contribution in [3.63, 3.8) is 0 Å². The van der Waals surface area contributed by atoms with Gasteiger partial charge in [0.05, 0.1) is 10.7 Å². The van der Waals surface area contributed by atoms with E-state index in [0.29, 0.717) is 22.9 Å². The number of benzene rings is 2. The molecule has 0 radical (unpaired) electrons. The summed E-state index contributed by atoms with van der Waals surface area (Å²) >= 11 is 9.14. The Balaban J connectivity index is 1.92. The molecule has 4 rings (SSSR count). The number of aromatic nitrogens is 2. The summed E-state index contributed by atoms with van der Waals surface area (Å²) in [5, 5.41) is 4.18. The molecule has 2 aromatic carbocycles. The molecule has 2 heterocycles. The molecule has 1 aliphatic heterocycles. The minimum Gasteiger partial charge on any atom is -0.295 e. The molecule has 1 aliphatic rings. The number of hydrogen-bond acceptors (Lipinski definition) is 4. The van der Waals surface area contributed by atoms with Crippen LogP contribution in [0.1, 0.15) is 5.56 Å². The van der Waals surface area contributed by atoms with E-state index < -0.39 is 17.4 Å². The highest BCUT2D eigenvalue weighted by Gasteiger charge is 2.26. The van der Waals surface area contributed by atoms with E-state index in [-0.39, 0.29) is 22.2 Å². The van der Waals surface area contributed by atoms with Crippen LogP contribution in [0, 0.1) is 11.6 Å². The lowest BCUT2D eigenvalue weighted by molar-refractivity contribution is 0.383. The molecule has 0 atom stereocenters. The topological polar surface area (TPSA) is 60.4 Å². The molecule has 0 aliphatic carbocycles. The zero-order chi connectivity index (χ0) is 18.4. The van der Waals surface area contributed by atoms with Gasteiger partial charge in [0.15, 0.2) is 5.82 Å². The van der Waals surface area contributed by atoms with Gasteiger partial charge in [0.25, 0.3) is 0 Å². The highest BCUT2D eigenvalue weighted by molar-refractivity contribution is 9.09. The smallest absolute Gasteiger partial charge is 0.295 e. The van der Waals surface area contributed by atoms with Gasteiger partial charge in [0.1, 0.15) is 17.3 Å². The summed E-state index contributed by atoms with van der Waals surface area (Å²) in [6.45, 7) is 0. The van der Waals surface area contributed by atoms with Crippen molar-refractivity contribution < 1.29 is 13.3 Å². The molecular formula is C17H9BrClF2N3O2. The number of aliphatic imine (C=N–C) groups is 1. The third-order valence-corrected chi connectivity index (χ3v) is 4.98. The van der Waals surface area contributed by atoms with Crippen LogP contribution in [0.4, 0.5) is 14.5 Å². The number of alkyl halides is 1. The fourth-order valence-corrected chi connectivity index (χ4v) is 3.37. The van der Waals surface area contributed by atoms with Gasteiger partial charge in [-0.05, 0) is 35.9 Å². The van der Waals surface area contributed by atoms with Gasteiger partial charge in [-0.25, -0.2) is 18.1 Å². The van der Waals surface area contributed by atoms with Gasteiger partial charge in [-0.1, -0.05) is 32.7 Å². The van der Waals surface area contributed by atoms with Crippen molar-refractivity contribution in [2.75, 3.05) is 5.33 Å². The normalized spacial score (nSPS) is 13.0. The molecule has 0 fully saturated rings. The van der Waals surface area contributed by atoms with E-state index in [1.54, 1.807) is 0 Å². The zero-order valence-corrected chi connectivity index (χ0v) is 15.3. The van der Waals surface area contributed by atoms with Crippen molar-refractivity contribution in [1.29, 1.82) is 0 Å². The van der Waals surface area contributed by atoms with Gasteiger partial charge in [-0.3, -0.25) is 9.52 Å². The lowest BCUT2D eigenvalue weighted by Gasteiger charge is -2.09. The first-order valence-corrected chi connectivity index (χ1v) is 8.98. The standard InChI is InChI=1S/C17H9BrClF2N3O2/c18-7-8-5-11-10(2-4-14(21)15(11)22-8)16-23-26-17(25)24(16)9-1-3-13(20)12(19)6-9/h1-4,6H,5,7H2. The maximum atomic E-state index is 14.1. The molecule has 0 bridgehead atoms. The summed E-state index contributed by atoms with van der Waals surface area (Å²) in [7, 11) is 0. The second-order valence-electron chi connectivity index (χ2n) is 5.62. The highest BCUT2D eigenvalue weighted by atomic mass is 79.9. The molecule has 0 amide bonds. The van der Waals surface area contributed by atoms with Crippen LogP contribution in [0.2, 0.25) is 5.02 Å². The minimum atomic E-state index is -0.764. The molecule has 5 nitrogen and oxygen atoms in total. The second-order valence-corrected chi connectivity index (χ2v) is 6.58. The Labute approximate surface area is 159 Å². The first kappa shape index (κ1) is 17.1. The van der Waals surface area contributed by atoms with Gasteiger partial charge in [-0.15, -0.1) is 0 Å². The Kier molecular flexibility index (Phi) is 4.24. The minimum absolute atomic E-state index is 0.143. The monoisotopic (exact) mass is 439 g/mol. The third-order valence-electron chi connectivity index (χ3n) is 4.05. The lowest BCUT2D eigenvalue weighted by atomic mass is 10.0. The van der Waals surface area contributed by atoms with Gasteiger partial charge in [0.2, 0.25) is 0 Å². The summed E-state index contributed by atoms with van der Waals surface area (Å²) in [6.07, 6.45) is 0.416. The van der Waals surface area contributed by atoms with Crippen LogP contribution in [0.25, 0.3) is 17.1 Å². The second kappa shape index (κ2) is 6.44.